The van der Waals surface area contributed by atoms with Gasteiger partial charge in [-0.1, -0.05) is 13.8 Å². The van der Waals surface area contributed by atoms with Gasteiger partial charge in [0.15, 0.2) is 0 Å². The first-order valence-corrected chi connectivity index (χ1v) is 8.02. The normalized spacial score (nSPS) is 12.4. The standard InChI is InChI=1S/C18H26FN3O2/c1-12(2)14(11-22-17(23)24-18(3,4)5)10-21-16-7-6-13(9-20)8-15(16)19/h6-8,12,14,21H,10-11H2,1-5H3,(H,22,23). The Hall–Kier alpha value is -2.29. The number of anilines is 1. The smallest absolute Gasteiger partial charge is 0.407 e. The lowest BCUT2D eigenvalue weighted by atomic mass is 9.95. The van der Waals surface area contributed by atoms with E-state index in [1.807, 2.05) is 40.7 Å². The van der Waals surface area contributed by atoms with Crippen LogP contribution in [0.1, 0.15) is 40.2 Å². The maximum atomic E-state index is 13.9. The molecule has 0 heterocycles. The average Bonchev–Trinajstić information content (AvgIpc) is 2.46. The zero-order chi connectivity index (χ0) is 18.3. The molecule has 0 saturated heterocycles. The van der Waals surface area contributed by atoms with Crippen molar-refractivity contribution >= 4 is 11.8 Å². The molecule has 1 aromatic rings. The summed E-state index contributed by atoms with van der Waals surface area (Å²) in [6.45, 7) is 10.4. The lowest BCUT2D eigenvalue weighted by Gasteiger charge is -2.24. The Balaban J connectivity index is 2.58. The third kappa shape index (κ3) is 6.86. The highest BCUT2D eigenvalue weighted by Gasteiger charge is 2.19. The van der Waals surface area contributed by atoms with Gasteiger partial charge in [0, 0.05) is 13.1 Å². The molecular formula is C18H26FN3O2. The minimum atomic E-state index is -0.540. The van der Waals surface area contributed by atoms with Gasteiger partial charge < -0.3 is 15.4 Å². The van der Waals surface area contributed by atoms with Crippen molar-refractivity contribution in [3.05, 3.63) is 29.6 Å². The highest BCUT2D eigenvalue weighted by Crippen LogP contribution is 2.18. The molecule has 0 saturated carbocycles. The monoisotopic (exact) mass is 335 g/mol. The van der Waals surface area contributed by atoms with E-state index in [1.165, 1.54) is 6.07 Å². The average molecular weight is 335 g/mol. The fourth-order valence-corrected chi connectivity index (χ4v) is 2.04. The molecule has 1 atom stereocenters. The third-order valence-corrected chi connectivity index (χ3v) is 3.50. The molecule has 0 spiro atoms. The summed E-state index contributed by atoms with van der Waals surface area (Å²) in [7, 11) is 0. The van der Waals surface area contributed by atoms with Gasteiger partial charge in [-0.25, -0.2) is 9.18 Å². The molecule has 1 unspecified atom stereocenters. The molecule has 5 nitrogen and oxygen atoms in total. The van der Waals surface area contributed by atoms with Crippen LogP contribution in [-0.4, -0.2) is 24.8 Å². The quantitative estimate of drug-likeness (QED) is 0.826. The van der Waals surface area contributed by atoms with Gasteiger partial charge in [-0.3, -0.25) is 0 Å². The van der Waals surface area contributed by atoms with E-state index in [-0.39, 0.29) is 17.4 Å². The number of nitriles is 1. The Labute approximate surface area is 143 Å². The lowest BCUT2D eigenvalue weighted by Crippen LogP contribution is -2.38. The minimum Gasteiger partial charge on any atom is -0.444 e. The second-order valence-electron chi connectivity index (χ2n) is 7.07. The number of alkyl carbamates (subject to hydrolysis) is 1. The van der Waals surface area contributed by atoms with Crippen molar-refractivity contribution in [1.82, 2.24) is 5.32 Å². The van der Waals surface area contributed by atoms with E-state index < -0.39 is 17.5 Å². The highest BCUT2D eigenvalue weighted by atomic mass is 19.1. The van der Waals surface area contributed by atoms with Gasteiger partial charge in [-0.05, 0) is 50.8 Å². The molecule has 0 aromatic heterocycles. The Morgan fingerprint density at radius 2 is 2.00 bits per heavy atom. The third-order valence-electron chi connectivity index (χ3n) is 3.50. The summed E-state index contributed by atoms with van der Waals surface area (Å²) >= 11 is 0. The first-order valence-electron chi connectivity index (χ1n) is 8.02. The first-order chi connectivity index (χ1) is 11.1. The second kappa shape index (κ2) is 8.53. The van der Waals surface area contributed by atoms with Crippen molar-refractivity contribution in [3.8, 4) is 6.07 Å². The Morgan fingerprint density at radius 3 is 2.50 bits per heavy atom. The van der Waals surface area contributed by atoms with Crippen LogP contribution in [0.5, 0.6) is 0 Å². The van der Waals surface area contributed by atoms with E-state index in [0.29, 0.717) is 18.8 Å². The van der Waals surface area contributed by atoms with Gasteiger partial charge in [0.05, 0.1) is 17.3 Å². The fraction of sp³-hybridized carbons (Fsp3) is 0.556. The van der Waals surface area contributed by atoms with Gasteiger partial charge in [0.1, 0.15) is 11.4 Å². The molecule has 0 aliphatic rings. The second-order valence-corrected chi connectivity index (χ2v) is 7.07. The van der Waals surface area contributed by atoms with Crippen molar-refractivity contribution in [3.63, 3.8) is 0 Å². The summed E-state index contributed by atoms with van der Waals surface area (Å²) in [6, 6.07) is 6.21. The molecule has 0 aliphatic heterocycles. The maximum Gasteiger partial charge on any atom is 0.407 e. The van der Waals surface area contributed by atoms with E-state index in [9.17, 15) is 9.18 Å². The zero-order valence-electron chi connectivity index (χ0n) is 14.9. The SMILES string of the molecule is CC(C)C(CNC(=O)OC(C)(C)C)CNc1ccc(C#N)cc1F. The van der Waals surface area contributed by atoms with Crippen molar-refractivity contribution in [2.45, 2.75) is 40.2 Å². The number of nitrogens with one attached hydrogen (secondary N) is 2. The van der Waals surface area contributed by atoms with Crippen LogP contribution in [0.2, 0.25) is 0 Å². The zero-order valence-corrected chi connectivity index (χ0v) is 14.9. The number of ether oxygens (including phenoxy) is 1. The van der Waals surface area contributed by atoms with Crippen LogP contribution >= 0.6 is 0 Å². The Kier molecular flexibility index (Phi) is 7.02. The summed E-state index contributed by atoms with van der Waals surface area (Å²) in [6.07, 6.45) is -0.460. The first kappa shape index (κ1) is 19.8. The summed E-state index contributed by atoms with van der Waals surface area (Å²) in [5.41, 5.74) is 0.0864. The fourth-order valence-electron chi connectivity index (χ4n) is 2.04. The van der Waals surface area contributed by atoms with Gasteiger partial charge in [0.2, 0.25) is 0 Å². The van der Waals surface area contributed by atoms with E-state index in [1.54, 1.807) is 12.1 Å². The molecule has 1 amide bonds. The predicted octanol–water partition coefficient (Wildman–Crippen LogP) is 3.91. The number of benzene rings is 1. The molecule has 0 aliphatic carbocycles. The summed E-state index contributed by atoms with van der Waals surface area (Å²) in [5.74, 6) is -0.0712. The summed E-state index contributed by atoms with van der Waals surface area (Å²) < 4.78 is 19.1. The molecule has 0 radical (unpaired) electrons. The lowest BCUT2D eigenvalue weighted by molar-refractivity contribution is 0.0516. The van der Waals surface area contributed by atoms with Gasteiger partial charge in [-0.15, -0.1) is 0 Å². The molecule has 1 aromatic carbocycles. The number of halogens is 1. The van der Waals surface area contributed by atoms with Gasteiger partial charge in [-0.2, -0.15) is 5.26 Å². The van der Waals surface area contributed by atoms with Gasteiger partial charge >= 0.3 is 6.09 Å². The van der Waals surface area contributed by atoms with Crippen molar-refractivity contribution in [2.75, 3.05) is 18.4 Å². The van der Waals surface area contributed by atoms with Gasteiger partial charge in [0.25, 0.3) is 0 Å². The molecule has 2 N–H and O–H groups in total. The van der Waals surface area contributed by atoms with Crippen molar-refractivity contribution < 1.29 is 13.9 Å². The largest absolute Gasteiger partial charge is 0.444 e. The van der Waals surface area contributed by atoms with Crippen LogP contribution in [0.15, 0.2) is 18.2 Å². The molecule has 0 bridgehead atoms. The van der Waals surface area contributed by atoms with E-state index in [4.69, 9.17) is 10.00 Å². The number of hydrogen-bond acceptors (Lipinski definition) is 4. The predicted molar refractivity (Wildman–Crippen MR) is 92.2 cm³/mol. The number of nitrogens with zero attached hydrogens (tertiary/aromatic N) is 1. The van der Waals surface area contributed by atoms with Crippen LogP contribution in [0.3, 0.4) is 0 Å². The molecule has 1 rings (SSSR count). The maximum absolute atomic E-state index is 13.9. The summed E-state index contributed by atoms with van der Waals surface area (Å²) in [5, 5.41) is 14.6. The number of carbonyl (C=O) groups is 1. The van der Waals surface area contributed by atoms with Crippen LogP contribution < -0.4 is 10.6 Å². The molecule has 132 valence electrons. The topological polar surface area (TPSA) is 74.2 Å². The number of hydrogen-bond donors (Lipinski definition) is 2. The molecule has 24 heavy (non-hydrogen) atoms. The van der Waals surface area contributed by atoms with Crippen molar-refractivity contribution in [1.29, 1.82) is 5.26 Å². The van der Waals surface area contributed by atoms with Crippen molar-refractivity contribution in [2.24, 2.45) is 11.8 Å². The number of carbonyl (C=O) groups excluding carboxylic acids is 1. The molecule has 6 heteroatoms. The molecule has 0 fully saturated rings. The minimum absolute atomic E-state index is 0.104. The van der Waals surface area contributed by atoms with E-state index >= 15 is 0 Å². The molecular weight excluding hydrogens is 309 g/mol. The van der Waals surface area contributed by atoms with Crippen LogP contribution in [0.25, 0.3) is 0 Å². The highest BCUT2D eigenvalue weighted by molar-refractivity contribution is 5.67. The Bertz CT molecular complexity index is 603. The summed E-state index contributed by atoms with van der Waals surface area (Å²) in [4.78, 5) is 11.7. The van der Waals surface area contributed by atoms with Crippen LogP contribution in [-0.2, 0) is 4.74 Å². The van der Waals surface area contributed by atoms with E-state index in [2.05, 4.69) is 10.6 Å². The van der Waals surface area contributed by atoms with Crippen LogP contribution in [0.4, 0.5) is 14.9 Å². The Morgan fingerprint density at radius 1 is 1.33 bits per heavy atom. The van der Waals surface area contributed by atoms with E-state index in [0.717, 1.165) is 0 Å². The number of rotatable bonds is 6. The van der Waals surface area contributed by atoms with Crippen LogP contribution in [0, 0.1) is 29.0 Å². The number of amides is 1.